The highest BCUT2D eigenvalue weighted by molar-refractivity contribution is 5.56. The number of hydrogen-bond donors (Lipinski definition) is 1. The molecule has 0 aliphatic carbocycles. The molecule has 0 atom stereocenters. The summed E-state index contributed by atoms with van der Waals surface area (Å²) in [5, 5.41) is 3.38. The van der Waals surface area contributed by atoms with Gasteiger partial charge in [-0.3, -0.25) is 5.32 Å². The largest absolute Gasteiger partial charge is 0.357 e. The van der Waals surface area contributed by atoms with Gasteiger partial charge in [-0.25, -0.2) is 0 Å². The molecule has 1 fully saturated rings. The quantitative estimate of drug-likeness (QED) is 0.755. The van der Waals surface area contributed by atoms with Crippen LogP contribution in [0.15, 0.2) is 24.3 Å². The fourth-order valence-electron chi connectivity index (χ4n) is 2.10. The summed E-state index contributed by atoms with van der Waals surface area (Å²) in [7, 11) is 0. The maximum Gasteiger partial charge on any atom is 0.0683 e. The number of anilines is 1. The van der Waals surface area contributed by atoms with Gasteiger partial charge in [0.05, 0.1) is 6.67 Å². The summed E-state index contributed by atoms with van der Waals surface area (Å²) in [5.74, 6) is 0. The Kier molecular flexibility index (Phi) is 2.70. The molecule has 1 N–H and O–H groups in total. The average Bonchev–Trinajstić information content (AvgIpc) is 2.69. The number of nitrogens with one attached hydrogen (secondary N) is 1. The molecular weight excluding hydrogens is 184 g/mol. The van der Waals surface area contributed by atoms with Crippen LogP contribution in [-0.4, -0.2) is 19.8 Å². The SMILES string of the molecule is CC(C)(C)c1ccccc1N1CCNC1. The van der Waals surface area contributed by atoms with Crippen molar-refractivity contribution in [3.05, 3.63) is 29.8 Å². The van der Waals surface area contributed by atoms with Crippen molar-refractivity contribution >= 4 is 5.69 Å². The van der Waals surface area contributed by atoms with E-state index in [2.05, 4.69) is 55.3 Å². The zero-order valence-corrected chi connectivity index (χ0v) is 9.88. The standard InChI is InChI=1S/C13H20N2/c1-13(2,3)11-6-4-5-7-12(11)15-9-8-14-10-15/h4-7,14H,8-10H2,1-3H3. The lowest BCUT2D eigenvalue weighted by molar-refractivity contribution is 0.588. The van der Waals surface area contributed by atoms with Crippen LogP contribution in [0.5, 0.6) is 0 Å². The van der Waals surface area contributed by atoms with Crippen LogP contribution < -0.4 is 10.2 Å². The molecule has 15 heavy (non-hydrogen) atoms. The first-order chi connectivity index (χ1) is 7.09. The molecule has 1 aromatic carbocycles. The first kappa shape index (κ1) is 10.5. The fraction of sp³-hybridized carbons (Fsp3) is 0.538. The number of rotatable bonds is 1. The van der Waals surface area contributed by atoms with Gasteiger partial charge in [0.1, 0.15) is 0 Å². The minimum atomic E-state index is 0.221. The molecule has 1 heterocycles. The average molecular weight is 204 g/mol. The van der Waals surface area contributed by atoms with Crippen LogP contribution in [0.4, 0.5) is 5.69 Å². The number of hydrogen-bond acceptors (Lipinski definition) is 2. The van der Waals surface area contributed by atoms with Crippen molar-refractivity contribution in [3.63, 3.8) is 0 Å². The van der Waals surface area contributed by atoms with Crippen LogP contribution >= 0.6 is 0 Å². The van der Waals surface area contributed by atoms with Crippen molar-refractivity contribution in [2.75, 3.05) is 24.7 Å². The van der Waals surface area contributed by atoms with E-state index in [-0.39, 0.29) is 5.41 Å². The predicted molar refractivity (Wildman–Crippen MR) is 65.4 cm³/mol. The van der Waals surface area contributed by atoms with Gasteiger partial charge in [0.15, 0.2) is 0 Å². The third-order valence-electron chi connectivity index (χ3n) is 2.91. The first-order valence-corrected chi connectivity index (χ1v) is 5.64. The minimum Gasteiger partial charge on any atom is -0.357 e. The molecule has 1 aliphatic heterocycles. The zero-order chi connectivity index (χ0) is 10.9. The second kappa shape index (κ2) is 3.86. The van der Waals surface area contributed by atoms with Gasteiger partial charge in [0.25, 0.3) is 0 Å². The van der Waals surface area contributed by atoms with Crippen LogP contribution in [0.25, 0.3) is 0 Å². The van der Waals surface area contributed by atoms with Crippen molar-refractivity contribution in [3.8, 4) is 0 Å². The molecule has 0 radical (unpaired) electrons. The molecule has 0 spiro atoms. The normalized spacial score (nSPS) is 17.1. The van der Waals surface area contributed by atoms with E-state index in [0.717, 1.165) is 19.8 Å². The minimum absolute atomic E-state index is 0.221. The van der Waals surface area contributed by atoms with Crippen LogP contribution in [0.2, 0.25) is 0 Å². The van der Waals surface area contributed by atoms with E-state index in [1.807, 2.05) is 0 Å². The highest BCUT2D eigenvalue weighted by Crippen LogP contribution is 2.31. The first-order valence-electron chi connectivity index (χ1n) is 5.64. The Balaban J connectivity index is 2.37. The molecule has 1 saturated heterocycles. The maximum absolute atomic E-state index is 3.38. The summed E-state index contributed by atoms with van der Waals surface area (Å²) in [6.07, 6.45) is 0. The molecule has 0 bridgehead atoms. The summed E-state index contributed by atoms with van der Waals surface area (Å²) in [5.41, 5.74) is 3.04. The van der Waals surface area contributed by atoms with E-state index in [1.54, 1.807) is 0 Å². The van der Waals surface area contributed by atoms with Crippen molar-refractivity contribution in [2.45, 2.75) is 26.2 Å². The summed E-state index contributed by atoms with van der Waals surface area (Å²) in [4.78, 5) is 2.42. The molecule has 2 nitrogen and oxygen atoms in total. The van der Waals surface area contributed by atoms with Gasteiger partial charge in [0, 0.05) is 18.8 Å². The number of benzene rings is 1. The van der Waals surface area contributed by atoms with Crippen LogP contribution in [0.3, 0.4) is 0 Å². The zero-order valence-electron chi connectivity index (χ0n) is 9.88. The van der Waals surface area contributed by atoms with E-state index in [4.69, 9.17) is 0 Å². The Morgan fingerprint density at radius 2 is 1.93 bits per heavy atom. The van der Waals surface area contributed by atoms with Crippen LogP contribution in [0.1, 0.15) is 26.3 Å². The van der Waals surface area contributed by atoms with Gasteiger partial charge in [-0.2, -0.15) is 0 Å². The lowest BCUT2D eigenvalue weighted by Crippen LogP contribution is -2.25. The summed E-state index contributed by atoms with van der Waals surface area (Å²) < 4.78 is 0. The fourth-order valence-corrected chi connectivity index (χ4v) is 2.10. The molecule has 0 unspecified atom stereocenters. The predicted octanol–water partition coefficient (Wildman–Crippen LogP) is 2.35. The lowest BCUT2D eigenvalue weighted by Gasteiger charge is -2.27. The second-order valence-electron chi connectivity index (χ2n) is 5.19. The third-order valence-corrected chi connectivity index (χ3v) is 2.91. The van der Waals surface area contributed by atoms with Gasteiger partial charge in [-0.1, -0.05) is 39.0 Å². The molecular formula is C13H20N2. The number of para-hydroxylation sites is 1. The van der Waals surface area contributed by atoms with E-state index in [1.165, 1.54) is 11.3 Å². The van der Waals surface area contributed by atoms with Crippen molar-refractivity contribution in [1.29, 1.82) is 0 Å². The van der Waals surface area contributed by atoms with Gasteiger partial charge in [-0.15, -0.1) is 0 Å². The molecule has 1 aliphatic rings. The molecule has 0 amide bonds. The molecule has 0 aromatic heterocycles. The van der Waals surface area contributed by atoms with Gasteiger partial charge in [-0.05, 0) is 17.0 Å². The Bertz CT molecular complexity index is 333. The van der Waals surface area contributed by atoms with Gasteiger partial charge in [0.2, 0.25) is 0 Å². The molecule has 2 heteroatoms. The van der Waals surface area contributed by atoms with E-state index in [9.17, 15) is 0 Å². The molecule has 2 rings (SSSR count). The monoisotopic (exact) mass is 204 g/mol. The molecule has 0 saturated carbocycles. The Labute approximate surface area is 92.3 Å². The second-order valence-corrected chi connectivity index (χ2v) is 5.19. The number of nitrogens with zero attached hydrogens (tertiary/aromatic N) is 1. The van der Waals surface area contributed by atoms with E-state index >= 15 is 0 Å². The summed E-state index contributed by atoms with van der Waals surface area (Å²) >= 11 is 0. The Morgan fingerprint density at radius 1 is 1.20 bits per heavy atom. The summed E-state index contributed by atoms with van der Waals surface area (Å²) in [6.45, 7) is 10.0. The molecule has 1 aromatic rings. The van der Waals surface area contributed by atoms with Crippen LogP contribution in [-0.2, 0) is 5.41 Å². The van der Waals surface area contributed by atoms with E-state index in [0.29, 0.717) is 0 Å². The highest BCUT2D eigenvalue weighted by atomic mass is 15.3. The smallest absolute Gasteiger partial charge is 0.0683 e. The van der Waals surface area contributed by atoms with Gasteiger partial charge < -0.3 is 4.90 Å². The maximum atomic E-state index is 3.38. The van der Waals surface area contributed by atoms with Crippen LogP contribution in [0, 0.1) is 0 Å². The Hall–Kier alpha value is -1.02. The molecule has 82 valence electrons. The Morgan fingerprint density at radius 3 is 2.53 bits per heavy atom. The van der Waals surface area contributed by atoms with Crippen molar-refractivity contribution in [1.82, 2.24) is 5.32 Å². The van der Waals surface area contributed by atoms with Gasteiger partial charge >= 0.3 is 0 Å². The third kappa shape index (κ3) is 2.15. The summed E-state index contributed by atoms with van der Waals surface area (Å²) in [6, 6.07) is 8.73. The lowest BCUT2D eigenvalue weighted by atomic mass is 9.85. The topological polar surface area (TPSA) is 15.3 Å². The van der Waals surface area contributed by atoms with E-state index < -0.39 is 0 Å². The van der Waals surface area contributed by atoms with Crippen molar-refractivity contribution < 1.29 is 0 Å². The highest BCUT2D eigenvalue weighted by Gasteiger charge is 2.21. The van der Waals surface area contributed by atoms with Crippen molar-refractivity contribution in [2.24, 2.45) is 0 Å².